The van der Waals surface area contributed by atoms with Gasteiger partial charge < -0.3 is 9.84 Å². The minimum atomic E-state index is -0.661. The minimum absolute atomic E-state index is 0.121. The number of carbonyl (C=O) groups excluding carboxylic acids is 2. The van der Waals surface area contributed by atoms with Crippen LogP contribution in [0.2, 0.25) is 0 Å². The molecule has 152 valence electrons. The summed E-state index contributed by atoms with van der Waals surface area (Å²) >= 11 is 0. The lowest BCUT2D eigenvalue weighted by Gasteiger charge is -2.27. The smallest absolute Gasteiger partial charge is 0.294 e. The zero-order valence-corrected chi connectivity index (χ0v) is 17.3. The minimum Gasteiger partial charge on any atom is -0.503 e. The number of ether oxygens (including phenoxy) is 1. The van der Waals surface area contributed by atoms with E-state index in [0.29, 0.717) is 18.0 Å². The van der Waals surface area contributed by atoms with Crippen molar-refractivity contribution < 1.29 is 19.4 Å². The van der Waals surface area contributed by atoms with E-state index in [1.165, 1.54) is 4.90 Å². The summed E-state index contributed by atoms with van der Waals surface area (Å²) in [7, 11) is 0. The Morgan fingerprint density at radius 2 is 1.86 bits per heavy atom. The van der Waals surface area contributed by atoms with Crippen LogP contribution in [0.4, 0.5) is 5.69 Å². The standard InChI is InChI=1S/C24H27NO4/c1-5-29-19-11-9-18(10-12-19)25-22(17-8-6-7-16(4)14-17)21(23(27)24(25)28)20(26)13-15(2)3/h6-12,14-15,22,27H,5,13H2,1-4H3. The molecule has 1 amide bonds. The number of carbonyl (C=O) groups is 2. The normalized spacial score (nSPS) is 16.7. The molecule has 1 aliphatic heterocycles. The number of anilines is 1. The van der Waals surface area contributed by atoms with Crippen LogP contribution >= 0.6 is 0 Å². The number of hydrogen-bond acceptors (Lipinski definition) is 4. The van der Waals surface area contributed by atoms with E-state index < -0.39 is 17.7 Å². The first kappa shape index (κ1) is 20.6. The molecule has 0 radical (unpaired) electrons. The van der Waals surface area contributed by atoms with Crippen molar-refractivity contribution in [3.63, 3.8) is 0 Å². The van der Waals surface area contributed by atoms with Gasteiger partial charge in [0.15, 0.2) is 11.5 Å². The SMILES string of the molecule is CCOc1ccc(N2C(=O)C(O)=C(C(=O)CC(C)C)C2c2cccc(C)c2)cc1. The van der Waals surface area contributed by atoms with Crippen molar-refractivity contribution in [1.29, 1.82) is 0 Å². The fraction of sp³-hybridized carbons (Fsp3) is 0.333. The molecule has 0 aromatic heterocycles. The van der Waals surface area contributed by atoms with Crippen LogP contribution in [0, 0.1) is 12.8 Å². The van der Waals surface area contributed by atoms with Gasteiger partial charge in [-0.3, -0.25) is 14.5 Å². The van der Waals surface area contributed by atoms with Gasteiger partial charge in [-0.2, -0.15) is 0 Å². The van der Waals surface area contributed by atoms with Gasteiger partial charge in [-0.1, -0.05) is 43.7 Å². The molecule has 3 rings (SSSR count). The van der Waals surface area contributed by atoms with Gasteiger partial charge in [0.05, 0.1) is 18.2 Å². The summed E-state index contributed by atoms with van der Waals surface area (Å²) in [5.74, 6) is -0.409. The second-order valence-electron chi connectivity index (χ2n) is 7.70. The van der Waals surface area contributed by atoms with E-state index in [2.05, 4.69) is 0 Å². The highest BCUT2D eigenvalue weighted by Crippen LogP contribution is 2.42. The van der Waals surface area contributed by atoms with Crippen LogP contribution in [0.3, 0.4) is 0 Å². The molecular weight excluding hydrogens is 366 g/mol. The second-order valence-corrected chi connectivity index (χ2v) is 7.70. The Morgan fingerprint density at radius 3 is 2.45 bits per heavy atom. The summed E-state index contributed by atoms with van der Waals surface area (Å²) in [6, 6.07) is 14.1. The Labute approximate surface area is 171 Å². The van der Waals surface area contributed by atoms with Crippen LogP contribution in [-0.2, 0) is 9.59 Å². The molecule has 5 heteroatoms. The van der Waals surface area contributed by atoms with E-state index in [-0.39, 0.29) is 23.7 Å². The summed E-state index contributed by atoms with van der Waals surface area (Å²) in [5.41, 5.74) is 2.58. The van der Waals surface area contributed by atoms with Crippen molar-refractivity contribution >= 4 is 17.4 Å². The van der Waals surface area contributed by atoms with Crippen LogP contribution < -0.4 is 9.64 Å². The summed E-state index contributed by atoms with van der Waals surface area (Å²) in [4.78, 5) is 27.5. The van der Waals surface area contributed by atoms with E-state index in [1.807, 2.05) is 52.0 Å². The largest absolute Gasteiger partial charge is 0.503 e. The van der Waals surface area contributed by atoms with E-state index in [4.69, 9.17) is 4.74 Å². The van der Waals surface area contributed by atoms with Crippen molar-refractivity contribution in [2.75, 3.05) is 11.5 Å². The molecule has 0 spiro atoms. The number of rotatable bonds is 7. The molecule has 1 unspecified atom stereocenters. The van der Waals surface area contributed by atoms with Gasteiger partial charge in [-0.05, 0) is 49.6 Å². The van der Waals surface area contributed by atoms with Crippen LogP contribution in [0.1, 0.15) is 44.4 Å². The van der Waals surface area contributed by atoms with Gasteiger partial charge in [0.2, 0.25) is 0 Å². The van der Waals surface area contributed by atoms with Gasteiger partial charge in [0, 0.05) is 12.1 Å². The van der Waals surface area contributed by atoms with E-state index in [9.17, 15) is 14.7 Å². The summed E-state index contributed by atoms with van der Waals surface area (Å²) < 4.78 is 5.48. The predicted octanol–water partition coefficient (Wildman–Crippen LogP) is 4.91. The highest BCUT2D eigenvalue weighted by atomic mass is 16.5. The average Bonchev–Trinajstić information content (AvgIpc) is 2.93. The molecular formula is C24H27NO4. The zero-order valence-electron chi connectivity index (χ0n) is 17.3. The summed E-state index contributed by atoms with van der Waals surface area (Å²) in [5, 5.41) is 10.7. The van der Waals surface area contributed by atoms with Gasteiger partial charge in [-0.15, -0.1) is 0 Å². The first-order valence-corrected chi connectivity index (χ1v) is 9.92. The first-order valence-electron chi connectivity index (χ1n) is 9.92. The lowest BCUT2D eigenvalue weighted by atomic mass is 9.91. The summed E-state index contributed by atoms with van der Waals surface area (Å²) in [6.07, 6.45) is 0.270. The topological polar surface area (TPSA) is 66.8 Å². The van der Waals surface area contributed by atoms with Crippen LogP contribution in [0.5, 0.6) is 5.75 Å². The van der Waals surface area contributed by atoms with E-state index in [1.54, 1.807) is 24.3 Å². The molecule has 0 saturated heterocycles. The molecule has 1 N–H and O–H groups in total. The number of Topliss-reactive ketones (excluding diaryl/α,β-unsaturated/α-hetero) is 1. The van der Waals surface area contributed by atoms with Crippen molar-refractivity contribution in [3.8, 4) is 5.75 Å². The van der Waals surface area contributed by atoms with Gasteiger partial charge in [0.1, 0.15) is 5.75 Å². The molecule has 0 bridgehead atoms. The molecule has 1 aliphatic rings. The fourth-order valence-electron chi connectivity index (χ4n) is 3.66. The van der Waals surface area contributed by atoms with Crippen molar-refractivity contribution in [3.05, 3.63) is 71.0 Å². The molecule has 0 fully saturated rings. The Bertz CT molecular complexity index is 944. The van der Waals surface area contributed by atoms with Crippen molar-refractivity contribution in [1.82, 2.24) is 0 Å². The van der Waals surface area contributed by atoms with Crippen LogP contribution in [0.25, 0.3) is 0 Å². The molecule has 2 aromatic carbocycles. The first-order chi connectivity index (χ1) is 13.8. The van der Waals surface area contributed by atoms with Gasteiger partial charge in [0.25, 0.3) is 5.91 Å². The monoisotopic (exact) mass is 393 g/mol. The zero-order chi connectivity index (χ0) is 21.1. The quantitative estimate of drug-likeness (QED) is 0.726. The number of aryl methyl sites for hydroxylation is 1. The molecule has 0 saturated carbocycles. The van der Waals surface area contributed by atoms with Crippen LogP contribution in [0.15, 0.2) is 59.9 Å². The molecule has 29 heavy (non-hydrogen) atoms. The lowest BCUT2D eigenvalue weighted by Crippen LogP contribution is -2.31. The van der Waals surface area contributed by atoms with Gasteiger partial charge in [-0.25, -0.2) is 0 Å². The van der Waals surface area contributed by atoms with Crippen LogP contribution in [-0.4, -0.2) is 23.4 Å². The molecule has 5 nitrogen and oxygen atoms in total. The predicted molar refractivity (Wildman–Crippen MR) is 113 cm³/mol. The third-order valence-corrected chi connectivity index (χ3v) is 4.89. The lowest BCUT2D eigenvalue weighted by molar-refractivity contribution is -0.118. The van der Waals surface area contributed by atoms with Crippen molar-refractivity contribution in [2.45, 2.75) is 40.2 Å². The number of ketones is 1. The number of nitrogens with zero attached hydrogens (tertiary/aromatic N) is 1. The Balaban J connectivity index is 2.09. The number of amides is 1. The highest BCUT2D eigenvalue weighted by Gasteiger charge is 2.44. The molecule has 1 atom stereocenters. The maximum Gasteiger partial charge on any atom is 0.294 e. The van der Waals surface area contributed by atoms with E-state index in [0.717, 1.165) is 11.1 Å². The number of aliphatic hydroxyl groups is 1. The Morgan fingerprint density at radius 1 is 1.17 bits per heavy atom. The van der Waals surface area contributed by atoms with Crippen molar-refractivity contribution in [2.24, 2.45) is 5.92 Å². The number of hydrogen-bond donors (Lipinski definition) is 1. The maximum absolute atomic E-state index is 13.0. The second kappa shape index (κ2) is 8.52. The third-order valence-electron chi connectivity index (χ3n) is 4.89. The Kier molecular flexibility index (Phi) is 6.06. The fourth-order valence-corrected chi connectivity index (χ4v) is 3.66. The molecule has 1 heterocycles. The number of aliphatic hydroxyl groups excluding tert-OH is 1. The van der Waals surface area contributed by atoms with E-state index >= 15 is 0 Å². The Hall–Kier alpha value is -3.08. The van der Waals surface area contributed by atoms with Gasteiger partial charge >= 0.3 is 0 Å². The molecule has 0 aliphatic carbocycles. The number of benzene rings is 2. The average molecular weight is 393 g/mol. The third kappa shape index (κ3) is 4.19. The highest BCUT2D eigenvalue weighted by molar-refractivity contribution is 6.16. The summed E-state index contributed by atoms with van der Waals surface area (Å²) in [6.45, 7) is 8.29. The molecule has 2 aromatic rings. The maximum atomic E-state index is 13.0.